The van der Waals surface area contributed by atoms with Gasteiger partial charge in [0, 0.05) is 12.6 Å². The Morgan fingerprint density at radius 1 is 1.58 bits per heavy atom. The molecule has 3 nitrogen and oxygen atoms in total. The van der Waals surface area contributed by atoms with Crippen LogP contribution in [0.1, 0.15) is 13.3 Å². The molecule has 0 radical (unpaired) electrons. The van der Waals surface area contributed by atoms with Crippen molar-refractivity contribution < 1.29 is 18.0 Å². The first kappa shape index (κ1) is 11.2. The van der Waals surface area contributed by atoms with E-state index in [0.29, 0.717) is 6.42 Å². The Bertz CT molecular complexity index is 155. The molecule has 0 aliphatic rings. The number of amides is 1. The van der Waals surface area contributed by atoms with Crippen LogP contribution in [0, 0.1) is 0 Å². The molecule has 0 aromatic rings. The number of carbonyl (C=O) groups is 1. The number of hydrogen-bond donors (Lipinski definition) is 2. The summed E-state index contributed by atoms with van der Waals surface area (Å²) in [6.45, 7) is 1.61. The number of nitrogens with one attached hydrogen (secondary N) is 1. The van der Waals surface area contributed by atoms with Crippen LogP contribution in [0.15, 0.2) is 0 Å². The summed E-state index contributed by atoms with van der Waals surface area (Å²) in [5.41, 5.74) is 5.26. The molecule has 0 aliphatic carbocycles. The lowest BCUT2D eigenvalue weighted by atomic mass is 10.2. The van der Waals surface area contributed by atoms with Crippen molar-refractivity contribution in [3.05, 3.63) is 0 Å². The third-order valence-electron chi connectivity index (χ3n) is 1.14. The summed E-state index contributed by atoms with van der Waals surface area (Å²) in [5, 5.41) is 1.71. The Kier molecular flexibility index (Phi) is 4.02. The van der Waals surface area contributed by atoms with Gasteiger partial charge in [0.15, 0.2) is 0 Å². The van der Waals surface area contributed by atoms with Crippen molar-refractivity contribution >= 4 is 5.91 Å². The molecule has 1 amide bonds. The highest BCUT2D eigenvalue weighted by atomic mass is 19.4. The minimum absolute atomic E-state index is 0.0456. The zero-order valence-corrected chi connectivity index (χ0v) is 6.61. The molecule has 0 spiro atoms. The maximum absolute atomic E-state index is 11.5. The van der Waals surface area contributed by atoms with Gasteiger partial charge >= 0.3 is 12.1 Å². The van der Waals surface area contributed by atoms with E-state index in [-0.39, 0.29) is 12.6 Å². The average molecular weight is 184 g/mol. The molecule has 0 aromatic heterocycles. The van der Waals surface area contributed by atoms with Gasteiger partial charge in [0.2, 0.25) is 0 Å². The van der Waals surface area contributed by atoms with Gasteiger partial charge in [0.1, 0.15) is 0 Å². The zero-order chi connectivity index (χ0) is 9.78. The number of rotatable bonds is 3. The van der Waals surface area contributed by atoms with Crippen molar-refractivity contribution in [2.45, 2.75) is 25.6 Å². The summed E-state index contributed by atoms with van der Waals surface area (Å²) in [5.74, 6) is -1.91. The van der Waals surface area contributed by atoms with E-state index in [9.17, 15) is 18.0 Å². The molecule has 6 heteroatoms. The molecule has 0 rings (SSSR count). The lowest BCUT2D eigenvalue weighted by molar-refractivity contribution is -0.173. The summed E-state index contributed by atoms with van der Waals surface area (Å²) in [4.78, 5) is 10.2. The highest BCUT2D eigenvalue weighted by Crippen LogP contribution is 2.13. The van der Waals surface area contributed by atoms with Crippen LogP contribution in [0.5, 0.6) is 0 Å². The maximum atomic E-state index is 11.5. The topological polar surface area (TPSA) is 55.1 Å². The second kappa shape index (κ2) is 4.30. The first-order valence-corrected chi connectivity index (χ1v) is 3.44. The normalized spacial score (nSPS) is 14.1. The van der Waals surface area contributed by atoms with Gasteiger partial charge in [0.25, 0.3) is 0 Å². The lowest BCUT2D eigenvalue weighted by Crippen LogP contribution is -2.38. The van der Waals surface area contributed by atoms with E-state index in [4.69, 9.17) is 5.73 Å². The third-order valence-corrected chi connectivity index (χ3v) is 1.14. The molecule has 0 bridgehead atoms. The Morgan fingerprint density at radius 3 is 2.42 bits per heavy atom. The van der Waals surface area contributed by atoms with Crippen molar-refractivity contribution in [3.8, 4) is 0 Å². The first-order chi connectivity index (χ1) is 5.34. The molecule has 0 heterocycles. The molecule has 0 saturated heterocycles. The second-order valence-corrected chi connectivity index (χ2v) is 2.52. The van der Waals surface area contributed by atoms with Crippen LogP contribution in [0.3, 0.4) is 0 Å². The van der Waals surface area contributed by atoms with E-state index >= 15 is 0 Å². The van der Waals surface area contributed by atoms with Crippen LogP contribution < -0.4 is 11.1 Å². The summed E-state index contributed by atoms with van der Waals surface area (Å²) in [6, 6.07) is -0.210. The van der Waals surface area contributed by atoms with Gasteiger partial charge in [-0.2, -0.15) is 13.2 Å². The first-order valence-electron chi connectivity index (χ1n) is 3.44. The summed E-state index contributed by atoms with van der Waals surface area (Å²) in [7, 11) is 0. The monoisotopic (exact) mass is 184 g/mol. The molecule has 1 unspecified atom stereocenters. The lowest BCUT2D eigenvalue weighted by Gasteiger charge is -2.08. The van der Waals surface area contributed by atoms with Crippen LogP contribution in [-0.2, 0) is 4.79 Å². The molecular weight excluding hydrogens is 173 g/mol. The molecular formula is C6H11F3N2O. The number of nitrogens with two attached hydrogens (primary N) is 1. The minimum atomic E-state index is -4.79. The van der Waals surface area contributed by atoms with Crippen molar-refractivity contribution in [2.75, 3.05) is 6.54 Å². The number of hydrogen-bond acceptors (Lipinski definition) is 2. The summed E-state index contributed by atoms with van der Waals surface area (Å²) < 4.78 is 34.6. The molecule has 72 valence electrons. The van der Waals surface area contributed by atoms with Gasteiger partial charge in [-0.15, -0.1) is 0 Å². The Balaban J connectivity index is 3.59. The van der Waals surface area contributed by atoms with Crippen LogP contribution in [-0.4, -0.2) is 24.7 Å². The van der Waals surface area contributed by atoms with Crippen molar-refractivity contribution in [2.24, 2.45) is 5.73 Å². The van der Waals surface area contributed by atoms with E-state index in [1.54, 1.807) is 12.2 Å². The second-order valence-electron chi connectivity index (χ2n) is 2.52. The number of halogens is 3. The number of carbonyl (C=O) groups excluding carboxylic acids is 1. The van der Waals surface area contributed by atoms with Crippen molar-refractivity contribution in [3.63, 3.8) is 0 Å². The van der Waals surface area contributed by atoms with Crippen molar-refractivity contribution in [1.82, 2.24) is 5.32 Å². The van der Waals surface area contributed by atoms with E-state index in [1.165, 1.54) is 0 Å². The largest absolute Gasteiger partial charge is 0.471 e. The SMILES string of the molecule is CC(N)CCNC(=O)C(F)(F)F. The zero-order valence-electron chi connectivity index (χ0n) is 6.61. The van der Waals surface area contributed by atoms with E-state index in [1.807, 2.05) is 0 Å². The fraction of sp³-hybridized carbons (Fsp3) is 0.833. The summed E-state index contributed by atoms with van der Waals surface area (Å²) in [6.07, 6.45) is -4.46. The Labute approximate surface area is 68.1 Å². The fourth-order valence-corrected chi connectivity index (χ4v) is 0.514. The highest BCUT2D eigenvalue weighted by molar-refractivity contribution is 5.81. The van der Waals surface area contributed by atoms with E-state index in [0.717, 1.165) is 0 Å². The summed E-state index contributed by atoms with van der Waals surface area (Å²) >= 11 is 0. The quantitative estimate of drug-likeness (QED) is 0.667. The van der Waals surface area contributed by atoms with Gasteiger partial charge in [-0.3, -0.25) is 4.79 Å². The Hall–Kier alpha value is -0.780. The molecule has 0 saturated carbocycles. The van der Waals surface area contributed by atoms with E-state index in [2.05, 4.69) is 0 Å². The standard InChI is InChI=1S/C6H11F3N2O/c1-4(10)2-3-11-5(12)6(7,8)9/h4H,2-3,10H2,1H3,(H,11,12). The average Bonchev–Trinajstić information content (AvgIpc) is 1.84. The van der Waals surface area contributed by atoms with Gasteiger partial charge in [-0.25, -0.2) is 0 Å². The van der Waals surface area contributed by atoms with E-state index < -0.39 is 12.1 Å². The van der Waals surface area contributed by atoms with Gasteiger partial charge in [-0.1, -0.05) is 0 Å². The number of alkyl halides is 3. The smallest absolute Gasteiger partial charge is 0.348 e. The Morgan fingerprint density at radius 2 is 2.08 bits per heavy atom. The van der Waals surface area contributed by atoms with Crippen LogP contribution in [0.4, 0.5) is 13.2 Å². The van der Waals surface area contributed by atoms with Crippen LogP contribution >= 0.6 is 0 Å². The third kappa shape index (κ3) is 4.95. The van der Waals surface area contributed by atoms with Crippen LogP contribution in [0.25, 0.3) is 0 Å². The molecule has 0 aromatic carbocycles. The molecule has 1 atom stereocenters. The van der Waals surface area contributed by atoms with Crippen LogP contribution in [0.2, 0.25) is 0 Å². The predicted octanol–water partition coefficient (Wildman–Crippen LogP) is 0.402. The molecule has 12 heavy (non-hydrogen) atoms. The van der Waals surface area contributed by atoms with Gasteiger partial charge < -0.3 is 11.1 Å². The van der Waals surface area contributed by atoms with Gasteiger partial charge in [-0.05, 0) is 13.3 Å². The minimum Gasteiger partial charge on any atom is -0.348 e. The molecule has 0 aliphatic heterocycles. The maximum Gasteiger partial charge on any atom is 0.471 e. The van der Waals surface area contributed by atoms with Gasteiger partial charge in [0.05, 0.1) is 0 Å². The predicted molar refractivity (Wildman–Crippen MR) is 37.3 cm³/mol. The molecule has 3 N–H and O–H groups in total. The molecule has 0 fully saturated rings. The highest BCUT2D eigenvalue weighted by Gasteiger charge is 2.38. The fourth-order valence-electron chi connectivity index (χ4n) is 0.514. The van der Waals surface area contributed by atoms with Crippen molar-refractivity contribution in [1.29, 1.82) is 0 Å².